The van der Waals surface area contributed by atoms with Crippen LogP contribution < -0.4 is 5.11 Å². The highest BCUT2D eigenvalue weighted by atomic mass is 32.1. The molecule has 0 N–H and O–H groups in total. The molecule has 104 valence electrons. The number of carbonyl (C=O) groups excluding carboxylic acids is 2. The van der Waals surface area contributed by atoms with Gasteiger partial charge in [0.25, 0.3) is 0 Å². The lowest BCUT2D eigenvalue weighted by Gasteiger charge is -2.24. The summed E-state index contributed by atoms with van der Waals surface area (Å²) < 4.78 is 5.79. The predicted octanol–water partition coefficient (Wildman–Crippen LogP) is -0.220. The highest BCUT2D eigenvalue weighted by Crippen LogP contribution is 2.51. The number of hydrogen-bond donors (Lipinski definition) is 0. The van der Waals surface area contributed by atoms with E-state index in [0.717, 1.165) is 4.88 Å². The van der Waals surface area contributed by atoms with Crippen molar-refractivity contribution in [3.63, 3.8) is 0 Å². The van der Waals surface area contributed by atoms with Crippen LogP contribution in [0.2, 0.25) is 0 Å². The summed E-state index contributed by atoms with van der Waals surface area (Å²) in [7, 11) is 0. The molecule has 3 aliphatic rings. The van der Waals surface area contributed by atoms with Gasteiger partial charge in [-0.1, -0.05) is 18.2 Å². The van der Waals surface area contributed by atoms with Crippen molar-refractivity contribution in [2.24, 2.45) is 11.8 Å². The molecule has 1 amide bonds. The summed E-state index contributed by atoms with van der Waals surface area (Å²) in [5, 5.41) is 13.3. The zero-order chi connectivity index (χ0) is 13.9. The van der Waals surface area contributed by atoms with E-state index in [1.54, 1.807) is 22.3 Å². The molecule has 2 fully saturated rings. The summed E-state index contributed by atoms with van der Waals surface area (Å²) in [4.78, 5) is 26.6. The van der Waals surface area contributed by atoms with Crippen molar-refractivity contribution in [2.45, 2.75) is 18.2 Å². The summed E-state index contributed by atoms with van der Waals surface area (Å²) >= 11 is 1.58. The van der Waals surface area contributed by atoms with Gasteiger partial charge in [0.1, 0.15) is 5.60 Å². The third kappa shape index (κ3) is 1.46. The smallest absolute Gasteiger partial charge is 0.230 e. The van der Waals surface area contributed by atoms with Gasteiger partial charge in [0.15, 0.2) is 0 Å². The minimum absolute atomic E-state index is 0.139. The van der Waals surface area contributed by atoms with E-state index in [1.807, 2.05) is 23.6 Å². The highest BCUT2D eigenvalue weighted by Gasteiger charge is 2.65. The summed E-state index contributed by atoms with van der Waals surface area (Å²) in [6, 6.07) is 3.90. The number of fused-ring (bicyclic) bond motifs is 1. The minimum Gasteiger partial charge on any atom is -0.550 e. The van der Waals surface area contributed by atoms with Crippen LogP contribution in [0.1, 0.15) is 4.88 Å². The van der Waals surface area contributed by atoms with Gasteiger partial charge in [0.2, 0.25) is 5.91 Å². The molecule has 2 saturated heterocycles. The first-order chi connectivity index (χ1) is 9.61. The van der Waals surface area contributed by atoms with Crippen LogP contribution in [-0.4, -0.2) is 35.0 Å². The summed E-state index contributed by atoms with van der Waals surface area (Å²) in [5.74, 6) is -2.83. The molecule has 1 aromatic rings. The van der Waals surface area contributed by atoms with Crippen molar-refractivity contribution in [1.82, 2.24) is 4.90 Å². The molecule has 2 bridgehead atoms. The van der Waals surface area contributed by atoms with Crippen LogP contribution in [0.15, 0.2) is 29.7 Å². The monoisotopic (exact) mass is 290 g/mol. The first-order valence-corrected chi connectivity index (χ1v) is 7.38. The molecule has 1 aromatic heterocycles. The second-order valence-corrected chi connectivity index (χ2v) is 6.52. The lowest BCUT2D eigenvalue weighted by atomic mass is 9.77. The van der Waals surface area contributed by atoms with Crippen LogP contribution in [0, 0.1) is 11.8 Å². The molecule has 4 heterocycles. The normalized spacial score (nSPS) is 37.7. The summed E-state index contributed by atoms with van der Waals surface area (Å²) in [6.07, 6.45) is 3.09. The number of nitrogens with zero attached hydrogens (tertiary/aromatic N) is 1. The number of ether oxygens (including phenoxy) is 1. The Bertz CT molecular complexity index is 611. The van der Waals surface area contributed by atoms with Gasteiger partial charge in [-0.25, -0.2) is 0 Å². The van der Waals surface area contributed by atoms with Crippen LogP contribution in [0.5, 0.6) is 0 Å². The fourth-order valence-electron chi connectivity index (χ4n) is 3.57. The summed E-state index contributed by atoms with van der Waals surface area (Å²) in [6.45, 7) is 0.932. The Morgan fingerprint density at radius 1 is 1.60 bits per heavy atom. The van der Waals surface area contributed by atoms with Crippen LogP contribution in [0.3, 0.4) is 0 Å². The number of carboxylic acids is 1. The third-order valence-electron chi connectivity index (χ3n) is 4.38. The first-order valence-electron chi connectivity index (χ1n) is 6.50. The van der Waals surface area contributed by atoms with E-state index in [9.17, 15) is 14.7 Å². The van der Waals surface area contributed by atoms with Gasteiger partial charge in [-0.15, -0.1) is 11.3 Å². The molecule has 6 heteroatoms. The van der Waals surface area contributed by atoms with Crippen molar-refractivity contribution in [3.05, 3.63) is 34.5 Å². The van der Waals surface area contributed by atoms with E-state index in [0.29, 0.717) is 13.1 Å². The fraction of sp³-hybridized carbons (Fsp3) is 0.429. The highest BCUT2D eigenvalue weighted by molar-refractivity contribution is 7.09. The molecule has 20 heavy (non-hydrogen) atoms. The van der Waals surface area contributed by atoms with E-state index in [-0.39, 0.29) is 5.91 Å². The number of hydrogen-bond acceptors (Lipinski definition) is 5. The topological polar surface area (TPSA) is 69.7 Å². The number of thiophene rings is 1. The second-order valence-electron chi connectivity index (χ2n) is 5.49. The number of carboxylic acid groups (broad SMARTS) is 1. The molecule has 4 atom stereocenters. The molecular formula is C14H12NO4S-. The van der Waals surface area contributed by atoms with Gasteiger partial charge in [0.05, 0.1) is 25.1 Å². The van der Waals surface area contributed by atoms with E-state index in [2.05, 4.69) is 0 Å². The maximum Gasteiger partial charge on any atom is 0.230 e. The molecule has 3 aliphatic heterocycles. The average Bonchev–Trinajstić information content (AvgIpc) is 3.12. The van der Waals surface area contributed by atoms with Gasteiger partial charge in [-0.3, -0.25) is 4.79 Å². The van der Waals surface area contributed by atoms with Crippen LogP contribution in [0.4, 0.5) is 0 Å². The fourth-order valence-corrected chi connectivity index (χ4v) is 4.29. The number of rotatable bonds is 3. The van der Waals surface area contributed by atoms with Crippen molar-refractivity contribution in [3.8, 4) is 0 Å². The van der Waals surface area contributed by atoms with Gasteiger partial charge >= 0.3 is 0 Å². The largest absolute Gasteiger partial charge is 0.550 e. The Balaban J connectivity index is 1.65. The number of likely N-dealkylation sites (tertiary alicyclic amines) is 1. The lowest BCUT2D eigenvalue weighted by Crippen LogP contribution is -2.45. The van der Waals surface area contributed by atoms with Crippen molar-refractivity contribution in [2.75, 3.05) is 6.54 Å². The summed E-state index contributed by atoms with van der Waals surface area (Å²) in [5.41, 5.74) is -0.760. The van der Waals surface area contributed by atoms with Crippen molar-refractivity contribution >= 4 is 23.2 Å². The quantitative estimate of drug-likeness (QED) is 0.722. The van der Waals surface area contributed by atoms with Gasteiger partial charge in [-0.2, -0.15) is 0 Å². The van der Waals surface area contributed by atoms with Gasteiger partial charge in [-0.05, 0) is 11.4 Å². The number of carbonyl (C=O) groups is 2. The molecule has 4 rings (SSSR count). The van der Waals surface area contributed by atoms with Gasteiger partial charge < -0.3 is 19.5 Å². The Kier molecular flexibility index (Phi) is 2.38. The molecule has 0 radical (unpaired) electrons. The van der Waals surface area contributed by atoms with E-state index >= 15 is 0 Å². The van der Waals surface area contributed by atoms with Crippen molar-refractivity contribution in [1.29, 1.82) is 0 Å². The van der Waals surface area contributed by atoms with Crippen LogP contribution >= 0.6 is 11.3 Å². The standard InChI is InChI=1S/C14H13NO4S/c16-12-11-10(13(17)18)9-3-4-14(11,19-9)7-15(12)6-8-2-1-5-20-8/h1-5,9-11H,6-7H2,(H,17,18)/p-1/t9-,10+,11-,14-/m1/s1. The molecule has 1 spiro atoms. The number of aliphatic carboxylic acids is 1. The number of amides is 1. The van der Waals surface area contributed by atoms with Crippen molar-refractivity contribution < 1.29 is 19.4 Å². The van der Waals surface area contributed by atoms with E-state index in [1.165, 1.54) is 0 Å². The predicted molar refractivity (Wildman–Crippen MR) is 68.5 cm³/mol. The molecule has 5 nitrogen and oxygen atoms in total. The maximum atomic E-state index is 12.5. The van der Waals surface area contributed by atoms with Crippen LogP contribution in [-0.2, 0) is 20.9 Å². The Hall–Kier alpha value is -1.66. The molecule has 0 unspecified atom stereocenters. The van der Waals surface area contributed by atoms with Crippen LogP contribution in [0.25, 0.3) is 0 Å². The van der Waals surface area contributed by atoms with E-state index < -0.39 is 29.5 Å². The average molecular weight is 290 g/mol. The zero-order valence-electron chi connectivity index (χ0n) is 10.5. The molecule has 0 aromatic carbocycles. The zero-order valence-corrected chi connectivity index (χ0v) is 11.3. The first kappa shape index (κ1) is 12.1. The maximum absolute atomic E-state index is 12.5. The minimum atomic E-state index is -1.20. The van der Waals surface area contributed by atoms with E-state index in [4.69, 9.17) is 4.74 Å². The third-order valence-corrected chi connectivity index (χ3v) is 5.24. The Labute approximate surface area is 119 Å². The molecular weight excluding hydrogens is 278 g/mol. The molecule has 0 aliphatic carbocycles. The van der Waals surface area contributed by atoms with Gasteiger partial charge in [0, 0.05) is 16.8 Å². The Morgan fingerprint density at radius 3 is 3.15 bits per heavy atom. The Morgan fingerprint density at radius 2 is 2.45 bits per heavy atom. The second kappa shape index (κ2) is 3.93. The molecule has 0 saturated carbocycles. The lowest BCUT2D eigenvalue weighted by molar-refractivity contribution is -0.313. The SMILES string of the molecule is O=C([O-])[C@H]1[C@H]2C=C[C@]3(CN(Cc4cccs4)C(=O)[C@@H]13)O2.